The SMILES string of the molecule is O=C(NC1CCCC1)N1CCn2c(nnc2C(F)(F)F)C1. The Bertz CT molecular complexity index is 535. The maximum absolute atomic E-state index is 12.7. The monoisotopic (exact) mass is 303 g/mol. The summed E-state index contributed by atoms with van der Waals surface area (Å²) in [4.78, 5) is 13.6. The van der Waals surface area contributed by atoms with Crippen LogP contribution < -0.4 is 5.32 Å². The fraction of sp³-hybridized carbons (Fsp3) is 0.750. The molecule has 2 heterocycles. The van der Waals surface area contributed by atoms with E-state index in [1.54, 1.807) is 0 Å². The fourth-order valence-corrected chi connectivity index (χ4v) is 2.88. The zero-order valence-electron chi connectivity index (χ0n) is 11.4. The molecule has 1 N–H and O–H groups in total. The molecule has 0 unspecified atom stereocenters. The average molecular weight is 303 g/mol. The predicted octanol–water partition coefficient (Wildman–Crippen LogP) is 1.76. The molecule has 1 aromatic rings. The topological polar surface area (TPSA) is 63.1 Å². The van der Waals surface area contributed by atoms with E-state index in [4.69, 9.17) is 0 Å². The smallest absolute Gasteiger partial charge is 0.335 e. The summed E-state index contributed by atoms with van der Waals surface area (Å²) in [7, 11) is 0. The standard InChI is InChI=1S/C12H16F3N5O/c13-12(14,15)10-18-17-9-7-19(5-6-20(9)10)11(21)16-8-3-1-2-4-8/h8H,1-7H2,(H,16,21). The second-order valence-corrected chi connectivity index (χ2v) is 5.44. The van der Waals surface area contributed by atoms with Crippen LogP contribution in [0.5, 0.6) is 0 Å². The molecule has 116 valence electrons. The van der Waals surface area contributed by atoms with Crippen LogP contribution in [0.15, 0.2) is 0 Å². The number of hydrogen-bond acceptors (Lipinski definition) is 3. The second kappa shape index (κ2) is 5.19. The molecule has 1 aromatic heterocycles. The van der Waals surface area contributed by atoms with Crippen molar-refractivity contribution in [3.8, 4) is 0 Å². The van der Waals surface area contributed by atoms with E-state index in [1.807, 2.05) is 0 Å². The first-order valence-corrected chi connectivity index (χ1v) is 7.00. The van der Waals surface area contributed by atoms with Crippen molar-refractivity contribution < 1.29 is 18.0 Å². The Morgan fingerprint density at radius 1 is 1.19 bits per heavy atom. The number of nitrogens with one attached hydrogen (secondary N) is 1. The number of alkyl halides is 3. The summed E-state index contributed by atoms with van der Waals surface area (Å²) >= 11 is 0. The molecule has 0 bridgehead atoms. The van der Waals surface area contributed by atoms with Crippen molar-refractivity contribution in [2.75, 3.05) is 6.54 Å². The van der Waals surface area contributed by atoms with Crippen LogP contribution in [0.3, 0.4) is 0 Å². The number of fused-ring (bicyclic) bond motifs is 1. The number of amides is 2. The highest BCUT2D eigenvalue weighted by Crippen LogP contribution is 2.29. The minimum Gasteiger partial charge on any atom is -0.335 e. The van der Waals surface area contributed by atoms with Gasteiger partial charge in [0, 0.05) is 19.1 Å². The lowest BCUT2D eigenvalue weighted by molar-refractivity contribution is -0.147. The predicted molar refractivity (Wildman–Crippen MR) is 66.2 cm³/mol. The van der Waals surface area contributed by atoms with Crippen molar-refractivity contribution in [1.29, 1.82) is 0 Å². The molecule has 0 radical (unpaired) electrons. The van der Waals surface area contributed by atoms with Crippen LogP contribution in [0.2, 0.25) is 0 Å². The maximum Gasteiger partial charge on any atom is 0.451 e. The molecule has 2 amide bonds. The Labute approximate surface area is 119 Å². The first-order valence-electron chi connectivity index (χ1n) is 7.00. The first-order chi connectivity index (χ1) is 9.95. The summed E-state index contributed by atoms with van der Waals surface area (Å²) in [6.45, 7) is 0.351. The third-order valence-electron chi connectivity index (χ3n) is 3.98. The number of carbonyl (C=O) groups is 1. The summed E-state index contributed by atoms with van der Waals surface area (Å²) in [5.74, 6) is -0.816. The first kappa shape index (κ1) is 14.2. The van der Waals surface area contributed by atoms with Gasteiger partial charge < -0.3 is 14.8 Å². The van der Waals surface area contributed by atoms with E-state index >= 15 is 0 Å². The molecule has 9 heteroatoms. The van der Waals surface area contributed by atoms with Gasteiger partial charge in [0.25, 0.3) is 0 Å². The molecule has 0 saturated heterocycles. The van der Waals surface area contributed by atoms with Gasteiger partial charge in [-0.1, -0.05) is 12.8 Å². The molecule has 21 heavy (non-hydrogen) atoms. The summed E-state index contributed by atoms with van der Waals surface area (Å²) in [6.07, 6.45) is -0.371. The molecule has 1 aliphatic carbocycles. The normalized spacial score (nSPS) is 19.7. The highest BCUT2D eigenvalue weighted by molar-refractivity contribution is 5.74. The lowest BCUT2D eigenvalue weighted by atomic mass is 10.2. The average Bonchev–Trinajstić information content (AvgIpc) is 3.05. The highest BCUT2D eigenvalue weighted by atomic mass is 19.4. The second-order valence-electron chi connectivity index (χ2n) is 5.44. The Morgan fingerprint density at radius 3 is 2.57 bits per heavy atom. The minimum absolute atomic E-state index is 0.0572. The molecule has 6 nitrogen and oxygen atoms in total. The Morgan fingerprint density at radius 2 is 1.90 bits per heavy atom. The van der Waals surface area contributed by atoms with E-state index in [2.05, 4.69) is 15.5 Å². The van der Waals surface area contributed by atoms with Crippen LogP contribution in [-0.2, 0) is 19.3 Å². The molecule has 1 saturated carbocycles. The Balaban J connectivity index is 1.67. The number of urea groups is 1. The van der Waals surface area contributed by atoms with E-state index in [1.165, 1.54) is 4.90 Å². The Kier molecular flexibility index (Phi) is 3.50. The maximum atomic E-state index is 12.7. The molecule has 0 spiro atoms. The third kappa shape index (κ3) is 2.81. The van der Waals surface area contributed by atoms with E-state index in [-0.39, 0.29) is 37.5 Å². The molecule has 0 atom stereocenters. The van der Waals surface area contributed by atoms with Crippen LogP contribution in [0.1, 0.15) is 37.3 Å². The highest BCUT2D eigenvalue weighted by Gasteiger charge is 2.40. The van der Waals surface area contributed by atoms with Gasteiger partial charge >= 0.3 is 12.2 Å². The van der Waals surface area contributed by atoms with Gasteiger partial charge in [0.15, 0.2) is 5.82 Å². The van der Waals surface area contributed by atoms with Gasteiger partial charge in [0.1, 0.15) is 0 Å². The Hall–Kier alpha value is -1.80. The summed E-state index contributed by atoms with van der Waals surface area (Å²) in [5, 5.41) is 9.68. The van der Waals surface area contributed by atoms with Crippen molar-refractivity contribution in [3.63, 3.8) is 0 Å². The zero-order valence-corrected chi connectivity index (χ0v) is 11.4. The van der Waals surface area contributed by atoms with E-state index in [0.29, 0.717) is 0 Å². The largest absolute Gasteiger partial charge is 0.451 e. The lowest BCUT2D eigenvalue weighted by Crippen LogP contribution is -2.47. The zero-order chi connectivity index (χ0) is 15.0. The molecule has 0 aromatic carbocycles. The van der Waals surface area contributed by atoms with Gasteiger partial charge in [-0.2, -0.15) is 13.2 Å². The molecule has 1 fully saturated rings. The quantitative estimate of drug-likeness (QED) is 0.860. The van der Waals surface area contributed by atoms with Gasteiger partial charge in [-0.3, -0.25) is 0 Å². The number of carbonyl (C=O) groups excluding carboxylic acids is 1. The van der Waals surface area contributed by atoms with E-state index in [0.717, 1.165) is 30.3 Å². The lowest BCUT2D eigenvalue weighted by Gasteiger charge is -2.29. The van der Waals surface area contributed by atoms with E-state index < -0.39 is 12.0 Å². The van der Waals surface area contributed by atoms with Crippen LogP contribution >= 0.6 is 0 Å². The number of halogens is 3. The van der Waals surface area contributed by atoms with E-state index in [9.17, 15) is 18.0 Å². The van der Waals surface area contributed by atoms with Gasteiger partial charge in [-0.15, -0.1) is 10.2 Å². The molecule has 3 rings (SSSR count). The fourth-order valence-electron chi connectivity index (χ4n) is 2.88. The minimum atomic E-state index is -4.51. The van der Waals surface area contributed by atoms with Crippen molar-refractivity contribution in [2.45, 2.75) is 51.0 Å². The van der Waals surface area contributed by atoms with Crippen LogP contribution in [0.25, 0.3) is 0 Å². The summed E-state index contributed by atoms with van der Waals surface area (Å²) < 4.78 is 39.2. The number of nitrogens with zero attached hydrogens (tertiary/aromatic N) is 4. The van der Waals surface area contributed by atoms with Gasteiger partial charge in [-0.25, -0.2) is 4.79 Å². The molecular formula is C12H16F3N5O. The molecule has 1 aliphatic heterocycles. The molecular weight excluding hydrogens is 287 g/mol. The number of aromatic nitrogens is 3. The van der Waals surface area contributed by atoms with Crippen LogP contribution in [0, 0.1) is 0 Å². The summed E-state index contributed by atoms with van der Waals surface area (Å²) in [6, 6.07) is -0.0484. The van der Waals surface area contributed by atoms with Crippen molar-refractivity contribution in [2.24, 2.45) is 0 Å². The summed E-state index contributed by atoms with van der Waals surface area (Å²) in [5.41, 5.74) is 0. The van der Waals surface area contributed by atoms with Gasteiger partial charge in [-0.05, 0) is 12.8 Å². The van der Waals surface area contributed by atoms with Crippen LogP contribution in [-0.4, -0.2) is 38.3 Å². The van der Waals surface area contributed by atoms with Gasteiger partial charge in [0.05, 0.1) is 6.54 Å². The van der Waals surface area contributed by atoms with Gasteiger partial charge in [0.2, 0.25) is 5.82 Å². The van der Waals surface area contributed by atoms with Crippen LogP contribution in [0.4, 0.5) is 18.0 Å². The molecule has 2 aliphatic rings. The third-order valence-corrected chi connectivity index (χ3v) is 3.98. The number of rotatable bonds is 1. The van der Waals surface area contributed by atoms with Crippen molar-refractivity contribution >= 4 is 6.03 Å². The van der Waals surface area contributed by atoms with Crippen molar-refractivity contribution in [1.82, 2.24) is 25.0 Å². The number of hydrogen-bond donors (Lipinski definition) is 1. The van der Waals surface area contributed by atoms with Crippen molar-refractivity contribution in [3.05, 3.63) is 11.6 Å².